The number of nitrogens with zero attached hydrogens (tertiary/aromatic N) is 2. The number of fused-ring (bicyclic) bond motifs is 2. The Morgan fingerprint density at radius 1 is 1.28 bits per heavy atom. The molecular formula is C19H13FN2O2S. The first kappa shape index (κ1) is 15.5. The summed E-state index contributed by atoms with van der Waals surface area (Å²) in [7, 11) is 0. The van der Waals surface area contributed by atoms with E-state index in [1.54, 1.807) is 34.9 Å². The van der Waals surface area contributed by atoms with Crippen molar-refractivity contribution in [2.45, 2.75) is 6.54 Å². The number of aromatic nitrogens is 1. The number of rotatable bonds is 3. The Morgan fingerprint density at radius 2 is 2.12 bits per heavy atom. The summed E-state index contributed by atoms with van der Waals surface area (Å²) in [5, 5.41) is 0.836. The molecule has 2 heterocycles. The zero-order valence-corrected chi connectivity index (χ0v) is 13.9. The maximum atomic E-state index is 14.2. The number of allylic oxidation sites excluding steroid dienone is 1. The van der Waals surface area contributed by atoms with Crippen LogP contribution in [-0.2, 0) is 6.54 Å². The largest absolute Gasteiger partial charge is 0.451 e. The fourth-order valence-corrected chi connectivity index (χ4v) is 3.75. The molecule has 25 heavy (non-hydrogen) atoms. The first-order valence-electron chi connectivity index (χ1n) is 7.64. The Labute approximate surface area is 146 Å². The number of para-hydroxylation sites is 2. The summed E-state index contributed by atoms with van der Waals surface area (Å²) in [5.41, 5.74) is 1.05. The first-order valence-corrected chi connectivity index (χ1v) is 8.45. The topological polar surface area (TPSA) is 47.5 Å². The highest BCUT2D eigenvalue weighted by molar-refractivity contribution is 7.16. The average molecular weight is 352 g/mol. The lowest BCUT2D eigenvalue weighted by atomic mass is 10.2. The minimum atomic E-state index is -0.499. The molecule has 4 aromatic rings. The second-order valence-corrected chi connectivity index (χ2v) is 6.45. The zero-order chi connectivity index (χ0) is 17.4. The number of halogens is 1. The Morgan fingerprint density at radius 3 is 2.92 bits per heavy atom. The second kappa shape index (κ2) is 6.14. The van der Waals surface area contributed by atoms with E-state index in [9.17, 15) is 9.18 Å². The third-order valence-corrected chi connectivity index (χ3v) is 4.84. The number of benzene rings is 2. The molecule has 4 nitrogen and oxygen atoms in total. The lowest BCUT2D eigenvalue weighted by Gasteiger charge is -2.01. The van der Waals surface area contributed by atoms with Crippen molar-refractivity contribution in [1.29, 1.82) is 0 Å². The molecule has 0 atom stereocenters. The molecule has 6 heteroatoms. The van der Waals surface area contributed by atoms with Gasteiger partial charge in [-0.05, 0) is 24.3 Å². The number of furan rings is 1. The van der Waals surface area contributed by atoms with Crippen LogP contribution in [0.25, 0.3) is 21.2 Å². The number of carbonyl (C=O) groups is 1. The van der Waals surface area contributed by atoms with Crippen molar-refractivity contribution in [3.8, 4) is 0 Å². The molecule has 0 saturated carbocycles. The van der Waals surface area contributed by atoms with E-state index in [4.69, 9.17) is 4.42 Å². The fraction of sp³-hybridized carbons (Fsp3) is 0.0526. The monoisotopic (exact) mass is 352 g/mol. The molecule has 0 aliphatic rings. The Hall–Kier alpha value is -2.99. The molecule has 1 amide bonds. The van der Waals surface area contributed by atoms with Gasteiger partial charge in [0.15, 0.2) is 10.6 Å². The van der Waals surface area contributed by atoms with Gasteiger partial charge in [-0.3, -0.25) is 4.79 Å². The molecule has 124 valence electrons. The predicted octanol–water partition coefficient (Wildman–Crippen LogP) is 4.52. The van der Waals surface area contributed by atoms with Gasteiger partial charge in [0, 0.05) is 11.9 Å². The highest BCUT2D eigenvalue weighted by Crippen LogP contribution is 2.22. The number of hydrogen-bond acceptors (Lipinski definition) is 3. The van der Waals surface area contributed by atoms with Crippen LogP contribution in [0.2, 0.25) is 0 Å². The smallest absolute Gasteiger partial charge is 0.315 e. The molecule has 2 aromatic heterocycles. The highest BCUT2D eigenvalue weighted by Gasteiger charge is 2.14. The van der Waals surface area contributed by atoms with E-state index in [1.807, 2.05) is 18.2 Å². The van der Waals surface area contributed by atoms with Crippen LogP contribution in [0.4, 0.5) is 4.39 Å². The lowest BCUT2D eigenvalue weighted by Crippen LogP contribution is -2.16. The van der Waals surface area contributed by atoms with Crippen LogP contribution in [0.15, 0.2) is 70.6 Å². The van der Waals surface area contributed by atoms with Gasteiger partial charge in [0.2, 0.25) is 0 Å². The maximum Gasteiger partial charge on any atom is 0.315 e. The molecule has 0 spiro atoms. The number of amides is 1. The summed E-state index contributed by atoms with van der Waals surface area (Å²) in [5.74, 6) is -0.696. The van der Waals surface area contributed by atoms with Gasteiger partial charge in [0.05, 0.1) is 10.2 Å². The minimum Gasteiger partial charge on any atom is -0.451 e. The molecule has 0 aliphatic heterocycles. The lowest BCUT2D eigenvalue weighted by molar-refractivity contribution is 0.0973. The van der Waals surface area contributed by atoms with Gasteiger partial charge in [-0.15, -0.1) is 6.58 Å². The van der Waals surface area contributed by atoms with Crippen molar-refractivity contribution in [1.82, 2.24) is 4.57 Å². The van der Waals surface area contributed by atoms with Gasteiger partial charge in [-0.25, -0.2) is 4.39 Å². The third kappa shape index (κ3) is 2.70. The summed E-state index contributed by atoms with van der Waals surface area (Å²) in [4.78, 5) is 17.1. The molecule has 0 unspecified atom stereocenters. The summed E-state index contributed by atoms with van der Waals surface area (Å²) < 4.78 is 22.1. The number of hydrogen-bond donors (Lipinski definition) is 0. The van der Waals surface area contributed by atoms with Crippen molar-refractivity contribution in [2.75, 3.05) is 0 Å². The highest BCUT2D eigenvalue weighted by atomic mass is 32.1. The normalized spacial score (nSPS) is 12.1. The van der Waals surface area contributed by atoms with Crippen LogP contribution in [-0.4, -0.2) is 10.5 Å². The van der Waals surface area contributed by atoms with E-state index in [0.29, 0.717) is 22.4 Å². The molecule has 0 N–H and O–H groups in total. The number of thiazole rings is 1. The molecule has 0 bridgehead atoms. The molecular weight excluding hydrogens is 339 g/mol. The van der Waals surface area contributed by atoms with Crippen molar-refractivity contribution in [3.05, 3.63) is 77.6 Å². The Bertz CT molecular complexity index is 1150. The minimum absolute atomic E-state index is 0.157. The van der Waals surface area contributed by atoms with Crippen LogP contribution in [0.5, 0.6) is 0 Å². The second-order valence-electron chi connectivity index (χ2n) is 5.44. The molecule has 0 radical (unpaired) electrons. The quantitative estimate of drug-likeness (QED) is 0.509. The van der Waals surface area contributed by atoms with E-state index in [-0.39, 0.29) is 11.6 Å². The average Bonchev–Trinajstić information content (AvgIpc) is 3.18. The summed E-state index contributed by atoms with van der Waals surface area (Å²) >= 11 is 1.25. The van der Waals surface area contributed by atoms with Gasteiger partial charge in [0.25, 0.3) is 0 Å². The van der Waals surface area contributed by atoms with Crippen molar-refractivity contribution in [3.63, 3.8) is 0 Å². The Kier molecular flexibility index (Phi) is 3.82. The van der Waals surface area contributed by atoms with Gasteiger partial charge in [-0.1, -0.05) is 41.7 Å². The van der Waals surface area contributed by atoms with Crippen molar-refractivity contribution in [2.24, 2.45) is 4.99 Å². The zero-order valence-electron chi connectivity index (χ0n) is 13.1. The van der Waals surface area contributed by atoms with E-state index in [1.165, 1.54) is 17.4 Å². The number of carbonyl (C=O) groups excluding carboxylic acids is 1. The molecule has 0 fully saturated rings. The summed E-state index contributed by atoms with van der Waals surface area (Å²) in [6.07, 6.45) is 1.64. The molecule has 0 saturated heterocycles. The third-order valence-electron chi connectivity index (χ3n) is 3.80. The van der Waals surface area contributed by atoms with E-state index in [0.717, 1.165) is 10.1 Å². The first-order chi connectivity index (χ1) is 12.2. The molecule has 0 aliphatic carbocycles. The van der Waals surface area contributed by atoms with E-state index >= 15 is 0 Å². The van der Waals surface area contributed by atoms with Crippen molar-refractivity contribution >= 4 is 38.4 Å². The van der Waals surface area contributed by atoms with Crippen LogP contribution >= 0.6 is 11.3 Å². The van der Waals surface area contributed by atoms with E-state index in [2.05, 4.69) is 11.6 Å². The molecule has 2 aromatic carbocycles. The van der Waals surface area contributed by atoms with Gasteiger partial charge in [0.1, 0.15) is 11.4 Å². The van der Waals surface area contributed by atoms with Crippen molar-refractivity contribution < 1.29 is 13.6 Å². The van der Waals surface area contributed by atoms with Crippen LogP contribution in [0.3, 0.4) is 0 Å². The van der Waals surface area contributed by atoms with Gasteiger partial charge in [-0.2, -0.15) is 4.99 Å². The van der Waals surface area contributed by atoms with Crippen LogP contribution < -0.4 is 4.80 Å². The van der Waals surface area contributed by atoms with E-state index < -0.39 is 5.91 Å². The summed E-state index contributed by atoms with van der Waals surface area (Å²) in [6, 6.07) is 13.8. The van der Waals surface area contributed by atoms with Crippen LogP contribution in [0.1, 0.15) is 10.6 Å². The Balaban J connectivity index is 1.87. The van der Waals surface area contributed by atoms with Crippen LogP contribution in [0, 0.1) is 5.82 Å². The summed E-state index contributed by atoms with van der Waals surface area (Å²) in [6.45, 7) is 4.05. The SMILES string of the molecule is C=CCn1c(=NC(=O)c2cc3ccccc3o2)sc2cccc(F)c21. The standard InChI is InChI=1S/C19H13FN2O2S/c1-2-10-22-17-13(20)7-5-9-16(17)25-19(22)21-18(23)15-11-12-6-3-4-8-14(12)24-15/h2-9,11H,1,10H2. The molecule has 4 rings (SSSR count). The fourth-order valence-electron chi connectivity index (χ4n) is 2.70. The predicted molar refractivity (Wildman–Crippen MR) is 96.1 cm³/mol. The van der Waals surface area contributed by atoms with Gasteiger partial charge < -0.3 is 8.98 Å². The maximum absolute atomic E-state index is 14.2. The van der Waals surface area contributed by atoms with Gasteiger partial charge >= 0.3 is 5.91 Å².